The lowest BCUT2D eigenvalue weighted by Gasteiger charge is -2.32. The van der Waals surface area contributed by atoms with Crippen molar-refractivity contribution < 1.29 is 14.1 Å². The predicted octanol–water partition coefficient (Wildman–Crippen LogP) is 3.47. The number of nitrogens with one attached hydrogen (secondary N) is 1. The second-order valence-electron chi connectivity index (χ2n) is 6.64. The van der Waals surface area contributed by atoms with Crippen LogP contribution in [0.1, 0.15) is 33.0 Å². The van der Waals surface area contributed by atoms with E-state index in [0.29, 0.717) is 29.6 Å². The Morgan fingerprint density at radius 3 is 2.93 bits per heavy atom. The number of amides is 1. The first kappa shape index (κ1) is 17.6. The van der Waals surface area contributed by atoms with Crippen LogP contribution in [0.3, 0.4) is 0 Å². The molecule has 146 valence electrons. The topological polar surface area (TPSA) is 97.1 Å². The van der Waals surface area contributed by atoms with Gasteiger partial charge >= 0.3 is 0 Å². The van der Waals surface area contributed by atoms with Crippen LogP contribution < -0.4 is 4.74 Å². The molecule has 3 aromatic heterocycles. The minimum atomic E-state index is -0.375. The van der Waals surface area contributed by atoms with Crippen molar-refractivity contribution in [3.63, 3.8) is 0 Å². The van der Waals surface area contributed by atoms with Crippen molar-refractivity contribution >= 4 is 17.2 Å². The molecule has 1 N–H and O–H groups in total. The van der Waals surface area contributed by atoms with E-state index in [4.69, 9.17) is 9.26 Å². The van der Waals surface area contributed by atoms with Crippen LogP contribution in [0.15, 0.2) is 52.6 Å². The van der Waals surface area contributed by atoms with Gasteiger partial charge in [-0.15, -0.1) is 11.3 Å². The van der Waals surface area contributed by atoms with Crippen molar-refractivity contribution in [2.75, 3.05) is 7.11 Å². The molecule has 0 saturated heterocycles. The Labute approximate surface area is 170 Å². The normalized spacial score (nSPS) is 15.9. The number of aromatic nitrogens is 4. The van der Waals surface area contributed by atoms with E-state index in [1.807, 2.05) is 41.8 Å². The number of hydrogen-bond acceptors (Lipinski definition) is 7. The standard InChI is InChI=1S/C20H17N5O3S/c1-27-13-6-4-12(5-7-13)18-23-19(28-24-18)16-9-14-15(22-11-21-14)10-25(16)20(26)17-3-2-8-29-17/h2-8,11,16H,9-10H2,1H3,(H,21,22)/t16-/m0/s1. The first-order chi connectivity index (χ1) is 14.2. The molecule has 0 saturated carbocycles. The van der Waals surface area contributed by atoms with Crippen LogP contribution in [0.2, 0.25) is 0 Å². The summed E-state index contributed by atoms with van der Waals surface area (Å²) in [4.78, 5) is 27.6. The van der Waals surface area contributed by atoms with Crippen LogP contribution >= 0.6 is 11.3 Å². The smallest absolute Gasteiger partial charge is 0.264 e. The molecule has 1 aromatic carbocycles. The minimum absolute atomic E-state index is 0.0607. The van der Waals surface area contributed by atoms with Gasteiger partial charge in [-0.2, -0.15) is 4.98 Å². The van der Waals surface area contributed by atoms with E-state index in [0.717, 1.165) is 22.7 Å². The maximum absolute atomic E-state index is 13.1. The maximum atomic E-state index is 13.1. The van der Waals surface area contributed by atoms with Crippen molar-refractivity contribution in [1.82, 2.24) is 25.0 Å². The summed E-state index contributed by atoms with van der Waals surface area (Å²) in [5, 5.41) is 6.02. The third kappa shape index (κ3) is 3.19. The van der Waals surface area contributed by atoms with E-state index in [1.54, 1.807) is 18.3 Å². The third-order valence-electron chi connectivity index (χ3n) is 4.97. The molecule has 9 heteroatoms. The van der Waals surface area contributed by atoms with Crippen LogP contribution in [0.5, 0.6) is 5.75 Å². The van der Waals surface area contributed by atoms with Crippen LogP contribution in [0.25, 0.3) is 11.4 Å². The number of H-pyrrole nitrogens is 1. The van der Waals surface area contributed by atoms with E-state index in [-0.39, 0.29) is 11.9 Å². The molecule has 0 aliphatic carbocycles. The van der Waals surface area contributed by atoms with Crippen LogP contribution in [-0.4, -0.2) is 38.0 Å². The van der Waals surface area contributed by atoms with Gasteiger partial charge in [-0.05, 0) is 35.7 Å². The SMILES string of the molecule is COc1ccc(-c2noc([C@@H]3Cc4nc[nH]c4CN3C(=O)c3cccs3)n2)cc1. The fraction of sp³-hybridized carbons (Fsp3) is 0.200. The number of carbonyl (C=O) groups excluding carboxylic acids is 1. The first-order valence-corrected chi connectivity index (χ1v) is 9.94. The Morgan fingerprint density at radius 1 is 1.31 bits per heavy atom. The summed E-state index contributed by atoms with van der Waals surface area (Å²) in [5.74, 6) is 1.56. The van der Waals surface area contributed by atoms with Crippen molar-refractivity contribution in [2.24, 2.45) is 0 Å². The average Bonchev–Trinajstić information content (AvgIpc) is 3.53. The molecule has 0 fully saturated rings. The van der Waals surface area contributed by atoms with Crippen LogP contribution in [0, 0.1) is 0 Å². The number of thiophene rings is 1. The Morgan fingerprint density at radius 2 is 2.17 bits per heavy atom. The van der Waals surface area contributed by atoms with Gasteiger partial charge in [0.1, 0.15) is 11.8 Å². The summed E-state index contributed by atoms with van der Waals surface area (Å²) >= 11 is 1.42. The summed E-state index contributed by atoms with van der Waals surface area (Å²) < 4.78 is 10.8. The van der Waals surface area contributed by atoms with Gasteiger partial charge in [0.15, 0.2) is 0 Å². The van der Waals surface area contributed by atoms with Crippen molar-refractivity contribution in [1.29, 1.82) is 0 Å². The molecule has 5 rings (SSSR count). The number of benzene rings is 1. The Hall–Kier alpha value is -3.46. The van der Waals surface area contributed by atoms with Gasteiger partial charge in [0.2, 0.25) is 11.7 Å². The predicted molar refractivity (Wildman–Crippen MR) is 106 cm³/mol. The number of nitrogens with zero attached hydrogens (tertiary/aromatic N) is 4. The molecule has 4 heterocycles. The van der Waals surface area contributed by atoms with Gasteiger partial charge in [0.05, 0.1) is 36.2 Å². The molecule has 1 aliphatic heterocycles. The monoisotopic (exact) mass is 407 g/mol. The second-order valence-corrected chi connectivity index (χ2v) is 7.59. The van der Waals surface area contributed by atoms with Crippen LogP contribution in [-0.2, 0) is 13.0 Å². The molecule has 0 unspecified atom stereocenters. The first-order valence-electron chi connectivity index (χ1n) is 9.06. The largest absolute Gasteiger partial charge is 0.497 e. The quantitative estimate of drug-likeness (QED) is 0.556. The summed E-state index contributed by atoms with van der Waals surface area (Å²) in [6.07, 6.45) is 2.16. The van der Waals surface area contributed by atoms with Crippen molar-refractivity contribution in [2.45, 2.75) is 19.0 Å². The number of ether oxygens (including phenoxy) is 1. The minimum Gasteiger partial charge on any atom is -0.497 e. The van der Waals surface area contributed by atoms with Crippen molar-refractivity contribution in [3.8, 4) is 17.1 Å². The van der Waals surface area contributed by atoms with Gasteiger partial charge < -0.3 is 19.1 Å². The lowest BCUT2D eigenvalue weighted by Crippen LogP contribution is -2.38. The molecule has 0 spiro atoms. The molecule has 1 atom stereocenters. The zero-order valence-corrected chi connectivity index (χ0v) is 16.3. The zero-order chi connectivity index (χ0) is 19.8. The Bertz CT molecular complexity index is 1130. The number of carbonyl (C=O) groups is 1. The van der Waals surface area contributed by atoms with E-state index in [1.165, 1.54) is 11.3 Å². The van der Waals surface area contributed by atoms with Gasteiger partial charge in [0, 0.05) is 12.0 Å². The highest BCUT2D eigenvalue weighted by molar-refractivity contribution is 7.12. The van der Waals surface area contributed by atoms with E-state index in [2.05, 4.69) is 20.1 Å². The lowest BCUT2D eigenvalue weighted by atomic mass is 10.0. The Balaban J connectivity index is 1.49. The molecular weight excluding hydrogens is 390 g/mol. The number of aromatic amines is 1. The van der Waals surface area contributed by atoms with E-state index >= 15 is 0 Å². The summed E-state index contributed by atoms with van der Waals surface area (Å²) in [6.45, 7) is 0.414. The molecule has 29 heavy (non-hydrogen) atoms. The van der Waals surface area contributed by atoms with Gasteiger partial charge in [0.25, 0.3) is 5.91 Å². The van der Waals surface area contributed by atoms with Crippen LogP contribution in [0.4, 0.5) is 0 Å². The highest BCUT2D eigenvalue weighted by Gasteiger charge is 2.36. The summed E-state index contributed by atoms with van der Waals surface area (Å²) in [7, 11) is 1.62. The number of fused-ring (bicyclic) bond motifs is 1. The molecular formula is C20H17N5O3S. The maximum Gasteiger partial charge on any atom is 0.264 e. The van der Waals surface area contributed by atoms with Gasteiger partial charge in [-0.1, -0.05) is 11.2 Å². The fourth-order valence-corrected chi connectivity index (χ4v) is 4.12. The fourth-order valence-electron chi connectivity index (χ4n) is 3.44. The van der Waals surface area contributed by atoms with Gasteiger partial charge in [-0.3, -0.25) is 4.79 Å². The average molecular weight is 407 g/mol. The van der Waals surface area contributed by atoms with Crippen molar-refractivity contribution in [3.05, 3.63) is 70.3 Å². The molecule has 8 nitrogen and oxygen atoms in total. The zero-order valence-electron chi connectivity index (χ0n) is 15.5. The number of hydrogen-bond donors (Lipinski definition) is 1. The molecule has 0 bridgehead atoms. The lowest BCUT2D eigenvalue weighted by molar-refractivity contribution is 0.0595. The number of methoxy groups -OCH3 is 1. The summed E-state index contributed by atoms with van der Waals surface area (Å²) in [5.41, 5.74) is 2.66. The third-order valence-corrected chi connectivity index (χ3v) is 5.82. The molecule has 4 aromatic rings. The highest BCUT2D eigenvalue weighted by Crippen LogP contribution is 2.34. The molecule has 1 aliphatic rings. The molecule has 1 amide bonds. The molecule has 0 radical (unpaired) electrons. The highest BCUT2D eigenvalue weighted by atomic mass is 32.1. The van der Waals surface area contributed by atoms with E-state index < -0.39 is 0 Å². The Kier molecular flexibility index (Phi) is 4.36. The van der Waals surface area contributed by atoms with Gasteiger partial charge in [-0.25, -0.2) is 4.98 Å². The summed E-state index contributed by atoms with van der Waals surface area (Å²) in [6, 6.07) is 10.7. The van der Waals surface area contributed by atoms with E-state index in [9.17, 15) is 4.79 Å². The number of imidazole rings is 1. The second kappa shape index (κ2) is 7.17. The number of rotatable bonds is 4.